The molecule has 0 aliphatic rings. The molecule has 4 rings (SSSR count). The highest BCUT2D eigenvalue weighted by molar-refractivity contribution is 7.99. The second kappa shape index (κ2) is 7.57. The smallest absolute Gasteiger partial charge is 0.408 e. The van der Waals surface area contributed by atoms with E-state index in [1.165, 1.54) is 16.3 Å². The van der Waals surface area contributed by atoms with Gasteiger partial charge in [-0.2, -0.15) is 0 Å². The normalized spacial score (nSPS) is 11.1. The number of imidazole rings is 1. The number of aromatic nitrogens is 3. The highest BCUT2D eigenvalue weighted by Crippen LogP contribution is 2.34. The molecule has 7 nitrogen and oxygen atoms in total. The van der Waals surface area contributed by atoms with Crippen LogP contribution < -0.4 is 11.1 Å². The first-order valence-corrected chi connectivity index (χ1v) is 9.53. The van der Waals surface area contributed by atoms with Gasteiger partial charge in [0.15, 0.2) is 10.7 Å². The minimum absolute atomic E-state index is 0.172. The Labute approximate surface area is 168 Å². The zero-order chi connectivity index (χ0) is 19.7. The number of nitrogens with zero attached hydrogens (tertiary/aromatic N) is 3. The topological polar surface area (TPSA) is 82.1 Å². The van der Waals surface area contributed by atoms with Crippen LogP contribution in [0, 0.1) is 0 Å². The third-order valence-corrected chi connectivity index (χ3v) is 5.46. The Morgan fingerprint density at radius 1 is 1.29 bits per heavy atom. The van der Waals surface area contributed by atoms with Crippen molar-refractivity contribution < 1.29 is 9.21 Å². The molecule has 0 saturated heterocycles. The standard InChI is InChI=1S/C19H15ClN4O3S/c1-23-9-8-21-18(23)28-16-7-6-12(20)10-13(16)22-17(25)11-24-14-4-2-3-5-15(14)27-19(24)26/h2-10H,11H2,1H3,(H,22,25). The molecule has 0 bridgehead atoms. The monoisotopic (exact) mass is 414 g/mol. The van der Waals surface area contributed by atoms with Crippen LogP contribution in [0.15, 0.2) is 74.1 Å². The van der Waals surface area contributed by atoms with E-state index in [0.29, 0.717) is 21.8 Å². The molecule has 0 radical (unpaired) electrons. The van der Waals surface area contributed by atoms with E-state index >= 15 is 0 Å². The van der Waals surface area contributed by atoms with E-state index in [-0.39, 0.29) is 12.5 Å². The number of rotatable bonds is 5. The number of anilines is 1. The van der Waals surface area contributed by atoms with E-state index in [4.69, 9.17) is 16.0 Å². The van der Waals surface area contributed by atoms with Crippen LogP contribution in [-0.4, -0.2) is 20.0 Å². The Bertz CT molecular complexity index is 1230. The van der Waals surface area contributed by atoms with Crippen LogP contribution in [0.25, 0.3) is 11.1 Å². The van der Waals surface area contributed by atoms with Gasteiger partial charge in [0, 0.05) is 29.4 Å². The van der Waals surface area contributed by atoms with Crippen molar-refractivity contribution in [3.05, 3.63) is 70.4 Å². The number of hydrogen-bond acceptors (Lipinski definition) is 5. The number of amides is 1. The number of carbonyl (C=O) groups is 1. The fourth-order valence-electron chi connectivity index (χ4n) is 2.73. The summed E-state index contributed by atoms with van der Waals surface area (Å²) in [4.78, 5) is 29.8. The van der Waals surface area contributed by atoms with Gasteiger partial charge in [-0.05, 0) is 42.1 Å². The molecule has 2 aromatic heterocycles. The number of aryl methyl sites for hydroxylation is 1. The van der Waals surface area contributed by atoms with Gasteiger partial charge in [0.25, 0.3) is 0 Å². The van der Waals surface area contributed by atoms with Crippen molar-refractivity contribution >= 4 is 46.1 Å². The van der Waals surface area contributed by atoms with Crippen LogP contribution in [0.5, 0.6) is 0 Å². The van der Waals surface area contributed by atoms with Gasteiger partial charge >= 0.3 is 5.76 Å². The molecule has 1 amide bonds. The van der Waals surface area contributed by atoms with Crippen LogP contribution in [-0.2, 0) is 18.4 Å². The fourth-order valence-corrected chi connectivity index (χ4v) is 3.78. The molecule has 9 heteroatoms. The second-order valence-electron chi connectivity index (χ2n) is 6.03. The predicted molar refractivity (Wildman–Crippen MR) is 108 cm³/mol. The summed E-state index contributed by atoms with van der Waals surface area (Å²) in [5.41, 5.74) is 1.55. The molecule has 4 aromatic rings. The van der Waals surface area contributed by atoms with Crippen LogP contribution in [0.2, 0.25) is 5.02 Å². The molecule has 2 aromatic carbocycles. The maximum Gasteiger partial charge on any atom is 0.420 e. The molecular formula is C19H15ClN4O3S. The summed E-state index contributed by atoms with van der Waals surface area (Å²) in [5.74, 6) is -0.942. The number of halogens is 1. The molecule has 0 saturated carbocycles. The van der Waals surface area contributed by atoms with Gasteiger partial charge in [-0.3, -0.25) is 9.36 Å². The molecule has 1 N–H and O–H groups in total. The summed E-state index contributed by atoms with van der Waals surface area (Å²) in [6.45, 7) is -0.172. The van der Waals surface area contributed by atoms with Crippen molar-refractivity contribution in [1.29, 1.82) is 0 Å². The molecule has 0 aliphatic carbocycles. The molecule has 142 valence electrons. The van der Waals surface area contributed by atoms with E-state index in [2.05, 4.69) is 10.3 Å². The molecule has 0 fully saturated rings. The summed E-state index contributed by atoms with van der Waals surface area (Å²) >= 11 is 7.51. The summed E-state index contributed by atoms with van der Waals surface area (Å²) in [6, 6.07) is 12.2. The average molecular weight is 415 g/mol. The van der Waals surface area contributed by atoms with E-state index in [0.717, 1.165) is 10.1 Å². The van der Waals surface area contributed by atoms with Crippen molar-refractivity contribution in [2.75, 3.05) is 5.32 Å². The van der Waals surface area contributed by atoms with Gasteiger partial charge in [0.05, 0.1) is 11.2 Å². The first kappa shape index (κ1) is 18.4. The van der Waals surface area contributed by atoms with Crippen molar-refractivity contribution in [1.82, 2.24) is 14.1 Å². The number of hydrogen-bond donors (Lipinski definition) is 1. The lowest BCUT2D eigenvalue weighted by Gasteiger charge is -2.11. The summed E-state index contributed by atoms with van der Waals surface area (Å²) in [6.07, 6.45) is 3.54. The zero-order valence-corrected chi connectivity index (χ0v) is 16.3. The third-order valence-electron chi connectivity index (χ3n) is 4.07. The van der Waals surface area contributed by atoms with Crippen molar-refractivity contribution in [3.8, 4) is 0 Å². The maximum atomic E-state index is 12.6. The van der Waals surface area contributed by atoms with Gasteiger partial charge in [0.1, 0.15) is 6.54 Å². The Morgan fingerprint density at radius 2 is 2.11 bits per heavy atom. The molecule has 0 unspecified atom stereocenters. The number of fused-ring (bicyclic) bond motifs is 1. The Hall–Kier alpha value is -2.97. The van der Waals surface area contributed by atoms with Crippen LogP contribution in [0.1, 0.15) is 0 Å². The SMILES string of the molecule is Cn1ccnc1Sc1ccc(Cl)cc1NC(=O)Cn1c(=O)oc2ccccc21. The van der Waals surface area contributed by atoms with E-state index in [1.54, 1.807) is 42.6 Å². The maximum absolute atomic E-state index is 12.6. The van der Waals surface area contributed by atoms with Crippen molar-refractivity contribution in [2.24, 2.45) is 7.05 Å². The lowest BCUT2D eigenvalue weighted by atomic mass is 10.3. The predicted octanol–water partition coefficient (Wildman–Crippen LogP) is 3.77. The highest BCUT2D eigenvalue weighted by Gasteiger charge is 2.15. The molecule has 2 heterocycles. The third kappa shape index (κ3) is 3.69. The summed E-state index contributed by atoms with van der Waals surface area (Å²) in [5, 5.41) is 4.09. The number of carbonyl (C=O) groups excluding carboxylic acids is 1. The largest absolute Gasteiger partial charge is 0.420 e. The fraction of sp³-hybridized carbons (Fsp3) is 0.105. The van der Waals surface area contributed by atoms with Crippen LogP contribution in [0.3, 0.4) is 0 Å². The lowest BCUT2D eigenvalue weighted by molar-refractivity contribution is -0.116. The number of benzene rings is 2. The molecular weight excluding hydrogens is 400 g/mol. The van der Waals surface area contributed by atoms with Gasteiger partial charge in [-0.25, -0.2) is 9.78 Å². The lowest BCUT2D eigenvalue weighted by Crippen LogP contribution is -2.25. The van der Waals surface area contributed by atoms with Gasteiger partial charge in [-0.1, -0.05) is 23.7 Å². The summed E-state index contributed by atoms with van der Waals surface area (Å²) < 4.78 is 8.34. The van der Waals surface area contributed by atoms with E-state index < -0.39 is 5.76 Å². The quantitative estimate of drug-likeness (QED) is 0.537. The Morgan fingerprint density at radius 3 is 2.89 bits per heavy atom. The van der Waals surface area contributed by atoms with Gasteiger partial charge in [0.2, 0.25) is 5.91 Å². The zero-order valence-electron chi connectivity index (χ0n) is 14.8. The molecule has 0 atom stereocenters. The number of nitrogens with one attached hydrogen (secondary N) is 1. The highest BCUT2D eigenvalue weighted by atomic mass is 35.5. The van der Waals surface area contributed by atoms with E-state index in [9.17, 15) is 9.59 Å². The number of para-hydroxylation sites is 2. The van der Waals surface area contributed by atoms with Crippen molar-refractivity contribution in [3.63, 3.8) is 0 Å². The minimum atomic E-state index is -0.579. The Kier molecular flexibility index (Phi) is 4.97. The van der Waals surface area contributed by atoms with Gasteiger partial charge < -0.3 is 14.3 Å². The first-order chi connectivity index (χ1) is 13.5. The minimum Gasteiger partial charge on any atom is -0.408 e. The second-order valence-corrected chi connectivity index (χ2v) is 7.48. The first-order valence-electron chi connectivity index (χ1n) is 8.34. The molecule has 0 spiro atoms. The summed E-state index contributed by atoms with van der Waals surface area (Å²) in [7, 11) is 1.89. The molecule has 28 heavy (non-hydrogen) atoms. The Balaban J connectivity index is 1.59. The van der Waals surface area contributed by atoms with Crippen molar-refractivity contribution in [2.45, 2.75) is 16.6 Å². The average Bonchev–Trinajstić information content (AvgIpc) is 3.20. The van der Waals surface area contributed by atoms with Crippen LogP contribution in [0.4, 0.5) is 5.69 Å². The van der Waals surface area contributed by atoms with Gasteiger partial charge in [-0.15, -0.1) is 0 Å². The van der Waals surface area contributed by atoms with Crippen LogP contribution >= 0.6 is 23.4 Å². The number of oxazole rings is 1. The van der Waals surface area contributed by atoms with E-state index in [1.807, 2.05) is 23.9 Å². The molecule has 0 aliphatic heterocycles.